The summed E-state index contributed by atoms with van der Waals surface area (Å²) in [7, 11) is 0. The fourth-order valence-electron chi connectivity index (χ4n) is 2.17. The molecule has 0 unspecified atom stereocenters. The summed E-state index contributed by atoms with van der Waals surface area (Å²) >= 11 is 3.27. The van der Waals surface area contributed by atoms with Crippen molar-refractivity contribution in [3.05, 3.63) is 58.3 Å². The molecule has 0 aliphatic carbocycles. The molecule has 1 fully saturated rings. The summed E-state index contributed by atoms with van der Waals surface area (Å²) in [6, 6.07) is 10.3. The molecule has 6 nitrogen and oxygen atoms in total. The molecule has 0 bridgehead atoms. The largest absolute Gasteiger partial charge is 0.346 e. The number of aliphatic hydroxyl groups is 2. The van der Waals surface area contributed by atoms with Crippen LogP contribution in [-0.4, -0.2) is 28.4 Å². The molecule has 1 aliphatic heterocycles. The summed E-state index contributed by atoms with van der Waals surface area (Å²) in [6.07, 6.45) is 1.07. The third-order valence-corrected chi connectivity index (χ3v) is 3.67. The molecule has 7 heteroatoms. The van der Waals surface area contributed by atoms with E-state index in [4.69, 9.17) is 9.47 Å². The molecule has 0 spiro atoms. The maximum atomic E-state index is 10.2. The Morgan fingerprint density at radius 2 is 1.95 bits per heavy atom. The number of benzene rings is 1. The first kappa shape index (κ1) is 15.4. The molecule has 22 heavy (non-hydrogen) atoms. The fraction of sp³-hybridized carbons (Fsp3) is 0.267. The molecule has 0 saturated carbocycles. The first-order valence-corrected chi connectivity index (χ1v) is 7.52. The average molecular weight is 367 g/mol. The van der Waals surface area contributed by atoms with Crippen molar-refractivity contribution in [3.8, 4) is 0 Å². The Morgan fingerprint density at radius 1 is 1.18 bits per heavy atom. The highest BCUT2D eigenvalue weighted by molar-refractivity contribution is 9.10. The number of halogens is 1. The Labute approximate surface area is 135 Å². The van der Waals surface area contributed by atoms with E-state index in [0.717, 1.165) is 5.56 Å². The van der Waals surface area contributed by atoms with Crippen molar-refractivity contribution in [1.82, 2.24) is 4.98 Å². The van der Waals surface area contributed by atoms with E-state index in [-0.39, 0.29) is 5.69 Å². The van der Waals surface area contributed by atoms with Crippen molar-refractivity contribution in [2.75, 3.05) is 18.5 Å². The highest BCUT2D eigenvalue weighted by atomic mass is 79.9. The molecule has 3 rings (SSSR count). The number of ether oxygens (including phenoxy) is 2. The van der Waals surface area contributed by atoms with Crippen LogP contribution in [0.1, 0.15) is 17.5 Å². The summed E-state index contributed by atoms with van der Waals surface area (Å²) in [4.78, 5) is 3.97. The Hall–Kier alpha value is -1.51. The minimum absolute atomic E-state index is 0.0839. The number of rotatable bonds is 4. The predicted octanol–water partition coefficient (Wildman–Crippen LogP) is 2.10. The van der Waals surface area contributed by atoms with Crippen LogP contribution in [0.25, 0.3) is 0 Å². The van der Waals surface area contributed by atoms with Gasteiger partial charge in [-0.1, -0.05) is 28.1 Å². The monoisotopic (exact) mass is 366 g/mol. The Kier molecular flexibility index (Phi) is 4.42. The van der Waals surface area contributed by atoms with Crippen LogP contribution in [0.3, 0.4) is 0 Å². The number of nitrogens with one attached hydrogen (secondary N) is 1. The smallest absolute Gasteiger partial charge is 0.290 e. The summed E-state index contributed by atoms with van der Waals surface area (Å²) in [5.41, 5.74) is 1.41. The van der Waals surface area contributed by atoms with E-state index in [1.54, 1.807) is 24.3 Å². The summed E-state index contributed by atoms with van der Waals surface area (Å²) < 4.78 is 11.6. The lowest BCUT2D eigenvalue weighted by Gasteiger charge is -2.24. The average Bonchev–Trinajstić information content (AvgIpc) is 3.01. The van der Waals surface area contributed by atoms with Gasteiger partial charge in [0.2, 0.25) is 0 Å². The summed E-state index contributed by atoms with van der Waals surface area (Å²) in [5.74, 6) is -2.29. The topological polar surface area (TPSA) is 83.8 Å². The highest BCUT2D eigenvalue weighted by Gasteiger charge is 2.28. The van der Waals surface area contributed by atoms with E-state index in [2.05, 4.69) is 26.2 Å². The minimum atomic E-state index is -2.29. The van der Waals surface area contributed by atoms with Gasteiger partial charge in [0.05, 0.1) is 13.2 Å². The Balaban J connectivity index is 1.81. The second kappa shape index (κ2) is 6.31. The van der Waals surface area contributed by atoms with Gasteiger partial charge in [-0.15, -0.1) is 0 Å². The quantitative estimate of drug-likeness (QED) is 0.718. The molecular formula is C15H15BrN2O4. The number of anilines is 1. The molecule has 1 aromatic heterocycles. The molecular weight excluding hydrogens is 352 g/mol. The van der Waals surface area contributed by atoms with E-state index < -0.39 is 12.2 Å². The van der Waals surface area contributed by atoms with Crippen molar-refractivity contribution in [2.45, 2.75) is 12.2 Å². The molecule has 116 valence electrons. The van der Waals surface area contributed by atoms with E-state index in [9.17, 15) is 10.2 Å². The van der Waals surface area contributed by atoms with Crippen molar-refractivity contribution >= 4 is 21.6 Å². The molecule has 0 atom stereocenters. The Bertz CT molecular complexity index is 659. The molecule has 0 radical (unpaired) electrons. The molecule has 1 saturated heterocycles. The third kappa shape index (κ3) is 3.45. The lowest BCUT2D eigenvalue weighted by atomic mass is 10.2. The SMILES string of the molecule is OC(O)(Nc1cccc(C2OCCO2)c1)c1cc(Br)ccn1. The first-order valence-electron chi connectivity index (χ1n) is 6.73. The lowest BCUT2D eigenvalue weighted by Crippen LogP contribution is -2.35. The van der Waals surface area contributed by atoms with Gasteiger partial charge in [-0.25, -0.2) is 0 Å². The molecule has 0 amide bonds. The normalized spacial score (nSPS) is 16.0. The van der Waals surface area contributed by atoms with Crippen LogP contribution in [0.5, 0.6) is 0 Å². The minimum Gasteiger partial charge on any atom is -0.346 e. The van der Waals surface area contributed by atoms with E-state index in [0.29, 0.717) is 23.4 Å². The maximum Gasteiger partial charge on any atom is 0.290 e. The van der Waals surface area contributed by atoms with Crippen molar-refractivity contribution in [2.24, 2.45) is 0 Å². The zero-order chi connectivity index (χ0) is 15.6. The lowest BCUT2D eigenvalue weighted by molar-refractivity contribution is -0.146. The van der Waals surface area contributed by atoms with Crippen LogP contribution in [-0.2, 0) is 15.4 Å². The van der Waals surface area contributed by atoms with Crippen molar-refractivity contribution in [1.29, 1.82) is 0 Å². The fourth-order valence-corrected chi connectivity index (χ4v) is 2.51. The number of hydrogen-bond donors (Lipinski definition) is 3. The van der Waals surface area contributed by atoms with Gasteiger partial charge in [0.1, 0.15) is 5.69 Å². The van der Waals surface area contributed by atoms with Crippen LogP contribution < -0.4 is 5.32 Å². The van der Waals surface area contributed by atoms with Gasteiger partial charge in [0, 0.05) is 21.9 Å². The van der Waals surface area contributed by atoms with Gasteiger partial charge >= 0.3 is 0 Å². The van der Waals surface area contributed by atoms with Gasteiger partial charge in [-0.3, -0.25) is 4.98 Å². The second-order valence-electron chi connectivity index (χ2n) is 4.86. The third-order valence-electron chi connectivity index (χ3n) is 3.18. The zero-order valence-electron chi connectivity index (χ0n) is 11.6. The van der Waals surface area contributed by atoms with Crippen molar-refractivity contribution < 1.29 is 19.7 Å². The molecule has 2 heterocycles. The van der Waals surface area contributed by atoms with Crippen molar-refractivity contribution in [3.63, 3.8) is 0 Å². The Morgan fingerprint density at radius 3 is 2.68 bits per heavy atom. The van der Waals surface area contributed by atoms with Crippen LogP contribution in [0.4, 0.5) is 5.69 Å². The standard InChI is InChI=1S/C15H15BrN2O4/c16-11-4-5-17-13(9-11)15(19,20)18-12-3-1-2-10(8-12)14-21-6-7-22-14/h1-5,8-9,14,18-20H,6-7H2. The number of pyridine rings is 1. The van der Waals surface area contributed by atoms with Crippen LogP contribution >= 0.6 is 15.9 Å². The van der Waals surface area contributed by atoms with Gasteiger partial charge in [0.15, 0.2) is 6.29 Å². The van der Waals surface area contributed by atoms with Gasteiger partial charge < -0.3 is 25.0 Å². The van der Waals surface area contributed by atoms with Gasteiger partial charge in [0.25, 0.3) is 5.91 Å². The molecule has 3 N–H and O–H groups in total. The first-order chi connectivity index (χ1) is 10.5. The summed E-state index contributed by atoms with van der Waals surface area (Å²) in [5, 5.41) is 23.1. The predicted molar refractivity (Wildman–Crippen MR) is 82.8 cm³/mol. The molecule has 2 aromatic rings. The van der Waals surface area contributed by atoms with Gasteiger partial charge in [-0.05, 0) is 24.3 Å². The number of hydrogen-bond acceptors (Lipinski definition) is 6. The summed E-state index contributed by atoms with van der Waals surface area (Å²) in [6.45, 7) is 1.10. The van der Waals surface area contributed by atoms with Crippen LogP contribution in [0, 0.1) is 0 Å². The van der Waals surface area contributed by atoms with Crippen LogP contribution in [0.15, 0.2) is 47.1 Å². The highest BCUT2D eigenvalue weighted by Crippen LogP contribution is 2.27. The van der Waals surface area contributed by atoms with Gasteiger partial charge in [-0.2, -0.15) is 0 Å². The van der Waals surface area contributed by atoms with E-state index in [1.165, 1.54) is 12.3 Å². The number of nitrogens with zero attached hydrogens (tertiary/aromatic N) is 1. The zero-order valence-corrected chi connectivity index (χ0v) is 13.2. The second-order valence-corrected chi connectivity index (χ2v) is 5.77. The van der Waals surface area contributed by atoms with E-state index >= 15 is 0 Å². The maximum absolute atomic E-state index is 10.2. The molecule has 1 aromatic carbocycles. The molecule has 1 aliphatic rings. The number of aromatic nitrogens is 1. The van der Waals surface area contributed by atoms with E-state index in [1.807, 2.05) is 6.07 Å². The van der Waals surface area contributed by atoms with Crippen LogP contribution in [0.2, 0.25) is 0 Å².